The number of aryl methyl sites for hydroxylation is 3. The lowest BCUT2D eigenvalue weighted by molar-refractivity contribution is 0.0938. The molecule has 2 aromatic rings. The van der Waals surface area contributed by atoms with E-state index < -0.39 is 0 Å². The van der Waals surface area contributed by atoms with Gasteiger partial charge in [0.15, 0.2) is 5.78 Å². The second-order valence-corrected chi connectivity index (χ2v) is 5.45. The zero-order valence-electron chi connectivity index (χ0n) is 12.6. The highest BCUT2D eigenvalue weighted by atomic mass is 16.3. The van der Waals surface area contributed by atoms with Gasteiger partial charge in [0.1, 0.15) is 5.76 Å². The van der Waals surface area contributed by atoms with Crippen LogP contribution in [-0.4, -0.2) is 24.3 Å². The van der Waals surface area contributed by atoms with Crippen molar-refractivity contribution in [3.05, 3.63) is 58.5 Å². The number of ketones is 1. The molecule has 0 aliphatic rings. The van der Waals surface area contributed by atoms with Crippen LogP contribution in [0.2, 0.25) is 0 Å². The summed E-state index contributed by atoms with van der Waals surface area (Å²) in [6.07, 6.45) is 1.65. The molecule has 0 unspecified atom stereocenters. The number of Topliss-reactive ketones (excluding diaryl/α,β-unsaturated/α-hetero) is 1. The van der Waals surface area contributed by atoms with Crippen LogP contribution in [0.5, 0.6) is 0 Å². The van der Waals surface area contributed by atoms with Gasteiger partial charge >= 0.3 is 0 Å². The zero-order valence-corrected chi connectivity index (χ0v) is 12.6. The van der Waals surface area contributed by atoms with Gasteiger partial charge in [0.05, 0.1) is 19.4 Å². The third-order valence-corrected chi connectivity index (χ3v) is 3.38. The lowest BCUT2D eigenvalue weighted by atomic mass is 9.96. The number of carbonyl (C=O) groups excluding carboxylic acids is 1. The van der Waals surface area contributed by atoms with Gasteiger partial charge in [-0.3, -0.25) is 9.69 Å². The molecule has 0 amide bonds. The van der Waals surface area contributed by atoms with Gasteiger partial charge in [-0.15, -0.1) is 0 Å². The van der Waals surface area contributed by atoms with Crippen molar-refractivity contribution in [3.63, 3.8) is 0 Å². The maximum absolute atomic E-state index is 12.5. The van der Waals surface area contributed by atoms with E-state index in [0.717, 1.165) is 22.5 Å². The second kappa shape index (κ2) is 6.06. The minimum atomic E-state index is 0.161. The van der Waals surface area contributed by atoms with E-state index in [-0.39, 0.29) is 5.78 Å². The third kappa shape index (κ3) is 3.36. The fourth-order valence-corrected chi connectivity index (χ4v) is 2.67. The topological polar surface area (TPSA) is 33.5 Å². The van der Waals surface area contributed by atoms with E-state index in [9.17, 15) is 4.79 Å². The highest BCUT2D eigenvalue weighted by molar-refractivity contribution is 6.00. The van der Waals surface area contributed by atoms with Crippen molar-refractivity contribution in [1.82, 2.24) is 4.90 Å². The van der Waals surface area contributed by atoms with Gasteiger partial charge in [-0.2, -0.15) is 0 Å². The second-order valence-electron chi connectivity index (χ2n) is 5.45. The van der Waals surface area contributed by atoms with Crippen LogP contribution in [0.3, 0.4) is 0 Å². The third-order valence-electron chi connectivity index (χ3n) is 3.38. The van der Waals surface area contributed by atoms with E-state index in [2.05, 4.69) is 19.1 Å². The maximum Gasteiger partial charge on any atom is 0.177 e. The lowest BCUT2D eigenvalue weighted by Crippen LogP contribution is -2.26. The summed E-state index contributed by atoms with van der Waals surface area (Å²) in [5, 5.41) is 0. The van der Waals surface area contributed by atoms with Crippen molar-refractivity contribution >= 4 is 5.78 Å². The highest BCUT2D eigenvalue weighted by Gasteiger charge is 2.15. The number of likely N-dealkylation sites (N-methyl/N-ethyl adjacent to an activating group) is 1. The standard InChI is InChI=1S/C17H21NO2/c1-12-8-13(2)17(14(3)9-12)16(19)11-18(4)10-15-6-5-7-20-15/h5-9H,10-11H2,1-4H3. The zero-order chi connectivity index (χ0) is 14.7. The summed E-state index contributed by atoms with van der Waals surface area (Å²) in [4.78, 5) is 14.4. The van der Waals surface area contributed by atoms with Crippen molar-refractivity contribution in [2.24, 2.45) is 0 Å². The minimum absolute atomic E-state index is 0.161. The predicted molar refractivity (Wildman–Crippen MR) is 80.0 cm³/mol. The molecular formula is C17H21NO2. The molecule has 3 nitrogen and oxygen atoms in total. The van der Waals surface area contributed by atoms with Crippen LogP contribution < -0.4 is 0 Å². The molecule has 1 heterocycles. The molecule has 0 aliphatic heterocycles. The lowest BCUT2D eigenvalue weighted by Gasteiger charge is -2.16. The Morgan fingerprint density at radius 3 is 2.40 bits per heavy atom. The number of carbonyl (C=O) groups is 1. The van der Waals surface area contributed by atoms with Crippen LogP contribution in [0.15, 0.2) is 34.9 Å². The molecule has 0 saturated carbocycles. The van der Waals surface area contributed by atoms with Gasteiger partial charge in [-0.05, 0) is 51.1 Å². The summed E-state index contributed by atoms with van der Waals surface area (Å²) in [5.41, 5.74) is 4.15. The van der Waals surface area contributed by atoms with Crippen LogP contribution in [0.4, 0.5) is 0 Å². The average Bonchev–Trinajstić information content (AvgIpc) is 2.79. The van der Waals surface area contributed by atoms with Gasteiger partial charge < -0.3 is 4.42 Å². The quantitative estimate of drug-likeness (QED) is 0.780. The average molecular weight is 271 g/mol. The summed E-state index contributed by atoms with van der Waals surface area (Å²) < 4.78 is 5.30. The SMILES string of the molecule is Cc1cc(C)c(C(=O)CN(C)Cc2ccco2)c(C)c1. The van der Waals surface area contributed by atoms with Gasteiger partial charge in [0, 0.05) is 5.56 Å². The minimum Gasteiger partial charge on any atom is -0.468 e. The molecule has 0 spiro atoms. The number of hydrogen-bond acceptors (Lipinski definition) is 3. The molecule has 0 fully saturated rings. The fraction of sp³-hybridized carbons (Fsp3) is 0.353. The number of hydrogen-bond donors (Lipinski definition) is 0. The van der Waals surface area contributed by atoms with Gasteiger partial charge in [-0.25, -0.2) is 0 Å². The molecule has 0 bridgehead atoms. The van der Waals surface area contributed by atoms with Crippen molar-refractivity contribution < 1.29 is 9.21 Å². The molecule has 0 saturated heterocycles. The van der Waals surface area contributed by atoms with Crippen LogP contribution in [0, 0.1) is 20.8 Å². The molecule has 1 aromatic carbocycles. The molecule has 0 aliphatic carbocycles. The van der Waals surface area contributed by atoms with Gasteiger partial charge in [0.25, 0.3) is 0 Å². The van der Waals surface area contributed by atoms with Gasteiger partial charge in [0.2, 0.25) is 0 Å². The first-order chi connectivity index (χ1) is 9.47. The Bertz CT molecular complexity index is 576. The highest BCUT2D eigenvalue weighted by Crippen LogP contribution is 2.17. The maximum atomic E-state index is 12.5. The molecule has 0 atom stereocenters. The summed E-state index contributed by atoms with van der Waals surface area (Å²) in [6.45, 7) is 7.09. The van der Waals surface area contributed by atoms with Crippen LogP contribution >= 0.6 is 0 Å². The van der Waals surface area contributed by atoms with E-state index in [1.807, 2.05) is 37.9 Å². The normalized spacial score (nSPS) is 11.1. The van der Waals surface area contributed by atoms with Crippen LogP contribution in [0.1, 0.15) is 32.8 Å². The Morgan fingerprint density at radius 2 is 1.85 bits per heavy atom. The molecule has 0 N–H and O–H groups in total. The molecule has 106 valence electrons. The van der Waals surface area contributed by atoms with E-state index in [1.54, 1.807) is 6.26 Å². The first kappa shape index (κ1) is 14.5. The van der Waals surface area contributed by atoms with Crippen molar-refractivity contribution in [2.45, 2.75) is 27.3 Å². The molecule has 1 aromatic heterocycles. The fourth-order valence-electron chi connectivity index (χ4n) is 2.67. The number of furan rings is 1. The summed E-state index contributed by atoms with van der Waals surface area (Å²) >= 11 is 0. The monoisotopic (exact) mass is 271 g/mol. The smallest absolute Gasteiger partial charge is 0.177 e. The predicted octanol–water partition coefficient (Wildman–Crippen LogP) is 3.52. The summed E-state index contributed by atoms with van der Waals surface area (Å²) in [7, 11) is 1.93. The molecule has 3 heteroatoms. The van der Waals surface area contributed by atoms with Crippen LogP contribution in [-0.2, 0) is 6.54 Å². The number of benzene rings is 1. The van der Waals surface area contributed by atoms with Crippen molar-refractivity contribution in [1.29, 1.82) is 0 Å². The summed E-state index contributed by atoms with van der Waals surface area (Å²) in [6, 6.07) is 7.90. The molecule has 2 rings (SSSR count). The van der Waals surface area contributed by atoms with Gasteiger partial charge in [-0.1, -0.05) is 17.7 Å². The number of nitrogens with zero attached hydrogens (tertiary/aromatic N) is 1. The Morgan fingerprint density at radius 1 is 1.20 bits per heavy atom. The van der Waals surface area contributed by atoms with E-state index in [0.29, 0.717) is 13.1 Å². The Kier molecular flexibility index (Phi) is 4.40. The number of rotatable bonds is 5. The molecule has 20 heavy (non-hydrogen) atoms. The first-order valence-electron chi connectivity index (χ1n) is 6.79. The van der Waals surface area contributed by atoms with E-state index in [1.165, 1.54) is 5.56 Å². The Labute approximate surface area is 120 Å². The largest absolute Gasteiger partial charge is 0.468 e. The van der Waals surface area contributed by atoms with Crippen molar-refractivity contribution in [2.75, 3.05) is 13.6 Å². The first-order valence-corrected chi connectivity index (χ1v) is 6.79. The van der Waals surface area contributed by atoms with Crippen LogP contribution in [0.25, 0.3) is 0 Å². The Balaban J connectivity index is 2.08. The summed E-state index contributed by atoms with van der Waals surface area (Å²) in [5.74, 6) is 1.03. The molecular weight excluding hydrogens is 250 g/mol. The van der Waals surface area contributed by atoms with E-state index >= 15 is 0 Å². The van der Waals surface area contributed by atoms with E-state index in [4.69, 9.17) is 4.42 Å². The molecule has 0 radical (unpaired) electrons. The van der Waals surface area contributed by atoms with Crippen molar-refractivity contribution in [3.8, 4) is 0 Å². The Hall–Kier alpha value is -1.87.